The summed E-state index contributed by atoms with van der Waals surface area (Å²) in [6.07, 6.45) is 0. The van der Waals surface area contributed by atoms with Crippen molar-refractivity contribution < 1.29 is 4.42 Å². The van der Waals surface area contributed by atoms with Crippen LogP contribution in [0.1, 0.15) is 0 Å². The van der Waals surface area contributed by atoms with E-state index in [9.17, 15) is 0 Å². The lowest BCUT2D eigenvalue weighted by Crippen LogP contribution is -1.79. The molecule has 0 fully saturated rings. The third-order valence-electron chi connectivity index (χ3n) is 3.56. The summed E-state index contributed by atoms with van der Waals surface area (Å²) >= 11 is 6.38. The second kappa shape index (κ2) is 4.39. The Bertz CT molecular complexity index is 907. The van der Waals surface area contributed by atoms with Crippen LogP contribution in [0.3, 0.4) is 0 Å². The van der Waals surface area contributed by atoms with Gasteiger partial charge in [-0.3, -0.25) is 0 Å². The molecule has 0 aliphatic heterocycles. The van der Waals surface area contributed by atoms with E-state index in [0.29, 0.717) is 0 Å². The highest BCUT2D eigenvalue weighted by Crippen LogP contribution is 2.39. The largest absolute Gasteiger partial charge is 0.456 e. The minimum Gasteiger partial charge on any atom is -0.456 e. The Balaban J connectivity index is 2.20. The van der Waals surface area contributed by atoms with Crippen molar-refractivity contribution in [1.82, 2.24) is 0 Å². The van der Waals surface area contributed by atoms with Crippen LogP contribution in [0.5, 0.6) is 0 Å². The van der Waals surface area contributed by atoms with E-state index in [4.69, 9.17) is 16.0 Å². The zero-order valence-corrected chi connectivity index (χ0v) is 11.4. The molecule has 0 aliphatic rings. The van der Waals surface area contributed by atoms with Gasteiger partial charge < -0.3 is 4.42 Å². The lowest BCUT2D eigenvalue weighted by Gasteiger charge is -2.03. The monoisotopic (exact) mass is 278 g/mol. The summed E-state index contributed by atoms with van der Waals surface area (Å²) in [5, 5.41) is 2.80. The maximum Gasteiger partial charge on any atom is 0.136 e. The molecule has 4 rings (SSSR count). The summed E-state index contributed by atoms with van der Waals surface area (Å²) in [6, 6.07) is 22.2. The van der Waals surface area contributed by atoms with E-state index < -0.39 is 0 Å². The van der Waals surface area contributed by atoms with Crippen LogP contribution >= 0.6 is 11.6 Å². The van der Waals surface area contributed by atoms with Gasteiger partial charge in [0.05, 0.1) is 5.02 Å². The molecule has 0 saturated heterocycles. The van der Waals surface area contributed by atoms with E-state index in [0.717, 1.165) is 32.5 Å². The summed E-state index contributed by atoms with van der Waals surface area (Å²) in [7, 11) is 0. The molecule has 96 valence electrons. The minimum absolute atomic E-state index is 0.727. The number of furan rings is 1. The zero-order chi connectivity index (χ0) is 13.5. The Morgan fingerprint density at radius 2 is 1.35 bits per heavy atom. The maximum absolute atomic E-state index is 6.38. The molecule has 4 aromatic rings. The number of halogens is 1. The van der Waals surface area contributed by atoms with Crippen LogP contribution in [0.2, 0.25) is 5.02 Å². The van der Waals surface area contributed by atoms with Gasteiger partial charge in [0.25, 0.3) is 0 Å². The second-order valence-corrected chi connectivity index (χ2v) is 5.17. The van der Waals surface area contributed by atoms with Crippen LogP contribution in [-0.4, -0.2) is 0 Å². The van der Waals surface area contributed by atoms with Gasteiger partial charge in [0.2, 0.25) is 0 Å². The van der Waals surface area contributed by atoms with E-state index in [-0.39, 0.29) is 0 Å². The maximum atomic E-state index is 6.38. The predicted octanol–water partition coefficient (Wildman–Crippen LogP) is 5.91. The first kappa shape index (κ1) is 11.6. The molecular weight excluding hydrogens is 268 g/mol. The van der Waals surface area contributed by atoms with Gasteiger partial charge in [-0.15, -0.1) is 0 Å². The van der Waals surface area contributed by atoms with Crippen molar-refractivity contribution in [3.05, 3.63) is 71.8 Å². The Labute approximate surface area is 121 Å². The Morgan fingerprint density at radius 1 is 0.650 bits per heavy atom. The third-order valence-corrected chi connectivity index (χ3v) is 3.87. The molecule has 0 unspecified atom stereocenters. The molecule has 0 spiro atoms. The van der Waals surface area contributed by atoms with Gasteiger partial charge in [-0.1, -0.05) is 60.1 Å². The lowest BCUT2D eigenvalue weighted by atomic mass is 9.99. The van der Waals surface area contributed by atoms with Gasteiger partial charge in [0.1, 0.15) is 11.2 Å². The second-order valence-electron chi connectivity index (χ2n) is 4.76. The highest BCUT2D eigenvalue weighted by molar-refractivity contribution is 6.38. The summed E-state index contributed by atoms with van der Waals surface area (Å²) in [5.74, 6) is 0. The molecule has 0 saturated carbocycles. The van der Waals surface area contributed by atoms with E-state index in [1.807, 2.05) is 48.5 Å². The fourth-order valence-electron chi connectivity index (χ4n) is 2.68. The van der Waals surface area contributed by atoms with Gasteiger partial charge >= 0.3 is 0 Å². The minimum atomic E-state index is 0.727. The van der Waals surface area contributed by atoms with Crippen molar-refractivity contribution in [2.24, 2.45) is 0 Å². The highest BCUT2D eigenvalue weighted by atomic mass is 35.5. The smallest absolute Gasteiger partial charge is 0.136 e. The molecule has 3 aromatic carbocycles. The fourth-order valence-corrected chi connectivity index (χ4v) is 2.94. The molecule has 20 heavy (non-hydrogen) atoms. The van der Waals surface area contributed by atoms with Crippen LogP contribution in [0.25, 0.3) is 33.1 Å². The summed E-state index contributed by atoms with van der Waals surface area (Å²) in [6.45, 7) is 0. The number of benzene rings is 3. The Kier molecular flexibility index (Phi) is 2.54. The zero-order valence-electron chi connectivity index (χ0n) is 10.6. The number of hydrogen-bond donors (Lipinski definition) is 0. The van der Waals surface area contributed by atoms with Crippen molar-refractivity contribution in [3.63, 3.8) is 0 Å². The first-order valence-corrected chi connectivity index (χ1v) is 6.87. The lowest BCUT2D eigenvalue weighted by molar-refractivity contribution is 0.669. The molecular formula is C18H11ClO. The Hall–Kier alpha value is -2.25. The topological polar surface area (TPSA) is 13.1 Å². The highest BCUT2D eigenvalue weighted by Gasteiger charge is 2.14. The van der Waals surface area contributed by atoms with Gasteiger partial charge in [-0.05, 0) is 29.3 Å². The van der Waals surface area contributed by atoms with Gasteiger partial charge in [0, 0.05) is 10.8 Å². The standard InChI is InChI=1S/C18H11ClO/c19-14-9-5-11-16-18(14)17-13(8-4-10-15(17)20-16)12-6-2-1-3-7-12/h1-11H. The molecule has 0 amide bonds. The predicted molar refractivity (Wildman–Crippen MR) is 84.2 cm³/mol. The molecule has 0 atom stereocenters. The quantitative estimate of drug-likeness (QED) is 0.422. The molecule has 2 heteroatoms. The third kappa shape index (κ3) is 1.64. The van der Waals surface area contributed by atoms with Gasteiger partial charge in [-0.2, -0.15) is 0 Å². The van der Waals surface area contributed by atoms with Crippen molar-refractivity contribution in [2.45, 2.75) is 0 Å². The molecule has 1 aromatic heterocycles. The average Bonchev–Trinajstić information content (AvgIpc) is 2.88. The summed E-state index contributed by atoms with van der Waals surface area (Å²) in [5.41, 5.74) is 4.01. The Morgan fingerprint density at radius 3 is 2.15 bits per heavy atom. The van der Waals surface area contributed by atoms with Crippen molar-refractivity contribution in [1.29, 1.82) is 0 Å². The molecule has 0 N–H and O–H groups in total. The molecule has 0 radical (unpaired) electrons. The van der Waals surface area contributed by atoms with Crippen LogP contribution in [0, 0.1) is 0 Å². The summed E-state index contributed by atoms with van der Waals surface area (Å²) in [4.78, 5) is 0. The van der Waals surface area contributed by atoms with E-state index >= 15 is 0 Å². The normalized spacial score (nSPS) is 11.2. The molecule has 1 heterocycles. The number of fused-ring (bicyclic) bond motifs is 3. The summed E-state index contributed by atoms with van der Waals surface area (Å²) < 4.78 is 5.91. The van der Waals surface area contributed by atoms with Crippen LogP contribution < -0.4 is 0 Å². The molecule has 0 aliphatic carbocycles. The van der Waals surface area contributed by atoms with Crippen LogP contribution in [-0.2, 0) is 0 Å². The van der Waals surface area contributed by atoms with Gasteiger partial charge in [0.15, 0.2) is 0 Å². The SMILES string of the molecule is Clc1cccc2oc3cccc(-c4ccccc4)c3c12. The number of rotatable bonds is 1. The fraction of sp³-hybridized carbons (Fsp3) is 0. The molecule has 0 bridgehead atoms. The van der Waals surface area contributed by atoms with Gasteiger partial charge in [-0.25, -0.2) is 0 Å². The van der Waals surface area contributed by atoms with E-state index in [1.54, 1.807) is 0 Å². The van der Waals surface area contributed by atoms with Crippen molar-refractivity contribution >= 4 is 33.5 Å². The molecule has 1 nitrogen and oxygen atoms in total. The van der Waals surface area contributed by atoms with E-state index in [1.165, 1.54) is 5.56 Å². The first-order valence-electron chi connectivity index (χ1n) is 6.50. The van der Waals surface area contributed by atoms with E-state index in [2.05, 4.69) is 18.2 Å². The van der Waals surface area contributed by atoms with Crippen molar-refractivity contribution in [3.8, 4) is 11.1 Å². The van der Waals surface area contributed by atoms with Crippen molar-refractivity contribution in [2.75, 3.05) is 0 Å². The number of hydrogen-bond acceptors (Lipinski definition) is 1. The first-order chi connectivity index (χ1) is 9.84. The van der Waals surface area contributed by atoms with Crippen LogP contribution in [0.4, 0.5) is 0 Å². The van der Waals surface area contributed by atoms with Crippen LogP contribution in [0.15, 0.2) is 71.1 Å². The average molecular weight is 279 g/mol.